The first-order chi connectivity index (χ1) is 9.72. The standard InChI is InChI=1S/C17H18O3/c1-20-17(19)16-8-6-15(7-9-16)12-14-4-2-13(3-5-14)10-11-18/h2-9,18H,10-12H2,1H3. The summed E-state index contributed by atoms with van der Waals surface area (Å²) in [6.07, 6.45) is 1.51. The number of ether oxygens (including phenoxy) is 1. The lowest BCUT2D eigenvalue weighted by atomic mass is 10.0. The lowest BCUT2D eigenvalue weighted by Gasteiger charge is -2.05. The summed E-state index contributed by atoms with van der Waals surface area (Å²) < 4.78 is 4.67. The fraction of sp³-hybridized carbons (Fsp3) is 0.235. The Balaban J connectivity index is 2.04. The number of carbonyl (C=O) groups is 1. The summed E-state index contributed by atoms with van der Waals surface area (Å²) in [5.74, 6) is -0.315. The summed E-state index contributed by atoms with van der Waals surface area (Å²) in [7, 11) is 1.38. The first-order valence-electron chi connectivity index (χ1n) is 6.59. The molecule has 0 fully saturated rings. The normalized spacial score (nSPS) is 10.3. The van der Waals surface area contributed by atoms with Crippen LogP contribution in [0, 0.1) is 0 Å². The SMILES string of the molecule is COC(=O)c1ccc(Cc2ccc(CCO)cc2)cc1. The summed E-state index contributed by atoms with van der Waals surface area (Å²) in [6.45, 7) is 0.175. The van der Waals surface area contributed by atoms with Crippen molar-refractivity contribution in [2.75, 3.05) is 13.7 Å². The molecule has 0 bridgehead atoms. The Labute approximate surface area is 118 Å². The van der Waals surface area contributed by atoms with Gasteiger partial charge in [0.25, 0.3) is 0 Å². The lowest BCUT2D eigenvalue weighted by molar-refractivity contribution is 0.0600. The second-order valence-electron chi connectivity index (χ2n) is 4.66. The molecule has 3 heteroatoms. The third-order valence-electron chi connectivity index (χ3n) is 3.21. The number of esters is 1. The fourth-order valence-electron chi connectivity index (χ4n) is 2.07. The van der Waals surface area contributed by atoms with E-state index in [4.69, 9.17) is 5.11 Å². The molecule has 0 heterocycles. The maximum absolute atomic E-state index is 11.3. The van der Waals surface area contributed by atoms with Crippen LogP contribution in [-0.2, 0) is 17.6 Å². The number of rotatable bonds is 5. The molecular weight excluding hydrogens is 252 g/mol. The van der Waals surface area contributed by atoms with E-state index in [9.17, 15) is 4.79 Å². The average Bonchev–Trinajstić information content (AvgIpc) is 2.49. The van der Waals surface area contributed by atoms with Gasteiger partial charge in [-0.1, -0.05) is 36.4 Å². The van der Waals surface area contributed by atoms with Crippen molar-refractivity contribution in [2.45, 2.75) is 12.8 Å². The van der Waals surface area contributed by atoms with Gasteiger partial charge in [-0.05, 0) is 41.7 Å². The number of aliphatic hydroxyl groups is 1. The van der Waals surface area contributed by atoms with Crippen LogP contribution in [0.3, 0.4) is 0 Å². The van der Waals surface area contributed by atoms with Gasteiger partial charge in [-0.25, -0.2) is 4.79 Å². The van der Waals surface area contributed by atoms with Crippen molar-refractivity contribution in [2.24, 2.45) is 0 Å². The summed E-state index contributed by atoms with van der Waals surface area (Å²) in [6, 6.07) is 15.6. The molecule has 1 N–H and O–H groups in total. The van der Waals surface area contributed by atoms with Crippen molar-refractivity contribution >= 4 is 5.97 Å². The molecule has 0 unspecified atom stereocenters. The molecule has 0 spiro atoms. The van der Waals surface area contributed by atoms with E-state index in [2.05, 4.69) is 16.9 Å². The number of methoxy groups -OCH3 is 1. The highest BCUT2D eigenvalue weighted by molar-refractivity contribution is 5.89. The third kappa shape index (κ3) is 3.68. The Hall–Kier alpha value is -2.13. The van der Waals surface area contributed by atoms with Crippen molar-refractivity contribution in [1.82, 2.24) is 0 Å². The van der Waals surface area contributed by atoms with Crippen LogP contribution >= 0.6 is 0 Å². The summed E-state index contributed by atoms with van der Waals surface area (Å²) in [5, 5.41) is 8.88. The van der Waals surface area contributed by atoms with Crippen LogP contribution in [0.2, 0.25) is 0 Å². The second-order valence-corrected chi connectivity index (χ2v) is 4.66. The van der Waals surface area contributed by atoms with Crippen LogP contribution in [0.25, 0.3) is 0 Å². The molecule has 0 atom stereocenters. The topological polar surface area (TPSA) is 46.5 Å². The molecule has 3 nitrogen and oxygen atoms in total. The Bertz CT molecular complexity index is 556. The highest BCUT2D eigenvalue weighted by Crippen LogP contribution is 2.13. The predicted molar refractivity (Wildman–Crippen MR) is 77.8 cm³/mol. The van der Waals surface area contributed by atoms with Crippen molar-refractivity contribution in [3.63, 3.8) is 0 Å². The monoisotopic (exact) mass is 270 g/mol. The first kappa shape index (κ1) is 14.3. The molecular formula is C17H18O3. The highest BCUT2D eigenvalue weighted by atomic mass is 16.5. The minimum atomic E-state index is -0.315. The average molecular weight is 270 g/mol. The number of hydrogen-bond acceptors (Lipinski definition) is 3. The van der Waals surface area contributed by atoms with E-state index in [1.54, 1.807) is 12.1 Å². The maximum atomic E-state index is 11.3. The Morgan fingerprint density at radius 3 is 1.95 bits per heavy atom. The van der Waals surface area contributed by atoms with Gasteiger partial charge in [0.2, 0.25) is 0 Å². The summed E-state index contributed by atoms with van der Waals surface area (Å²) in [5.41, 5.74) is 4.05. The first-order valence-corrected chi connectivity index (χ1v) is 6.59. The zero-order valence-electron chi connectivity index (χ0n) is 11.5. The van der Waals surface area contributed by atoms with E-state index in [1.807, 2.05) is 24.3 Å². The zero-order chi connectivity index (χ0) is 14.4. The smallest absolute Gasteiger partial charge is 0.337 e. The predicted octanol–water partition coefficient (Wildman–Crippen LogP) is 2.60. The molecule has 2 rings (SSSR count). The van der Waals surface area contributed by atoms with E-state index in [0.29, 0.717) is 12.0 Å². The van der Waals surface area contributed by atoms with Gasteiger partial charge in [-0.2, -0.15) is 0 Å². The van der Waals surface area contributed by atoms with Crippen LogP contribution in [0.5, 0.6) is 0 Å². The minimum absolute atomic E-state index is 0.175. The molecule has 0 radical (unpaired) electrons. The Morgan fingerprint density at radius 1 is 0.950 bits per heavy atom. The van der Waals surface area contributed by atoms with E-state index in [-0.39, 0.29) is 12.6 Å². The Morgan fingerprint density at radius 2 is 1.45 bits per heavy atom. The van der Waals surface area contributed by atoms with Crippen LogP contribution in [0.15, 0.2) is 48.5 Å². The molecule has 0 aliphatic rings. The van der Waals surface area contributed by atoms with Gasteiger partial charge in [0.05, 0.1) is 12.7 Å². The zero-order valence-corrected chi connectivity index (χ0v) is 11.5. The molecule has 0 saturated carbocycles. The molecule has 104 valence electrons. The second kappa shape index (κ2) is 6.87. The van der Waals surface area contributed by atoms with Gasteiger partial charge in [0, 0.05) is 6.61 Å². The molecule has 0 amide bonds. The maximum Gasteiger partial charge on any atom is 0.337 e. The van der Waals surface area contributed by atoms with Crippen LogP contribution in [-0.4, -0.2) is 24.8 Å². The van der Waals surface area contributed by atoms with Gasteiger partial charge in [-0.3, -0.25) is 0 Å². The molecule has 20 heavy (non-hydrogen) atoms. The number of hydrogen-bond donors (Lipinski definition) is 1. The number of carbonyl (C=O) groups excluding carboxylic acids is 1. The van der Waals surface area contributed by atoms with E-state index >= 15 is 0 Å². The van der Waals surface area contributed by atoms with Crippen molar-refractivity contribution in [1.29, 1.82) is 0 Å². The van der Waals surface area contributed by atoms with Gasteiger partial charge in [-0.15, -0.1) is 0 Å². The molecule has 2 aromatic rings. The fourth-order valence-corrected chi connectivity index (χ4v) is 2.07. The molecule has 0 aliphatic heterocycles. The van der Waals surface area contributed by atoms with Crippen molar-refractivity contribution in [3.05, 3.63) is 70.8 Å². The third-order valence-corrected chi connectivity index (χ3v) is 3.21. The van der Waals surface area contributed by atoms with E-state index in [0.717, 1.165) is 17.5 Å². The molecule has 0 saturated heterocycles. The molecule has 2 aromatic carbocycles. The van der Waals surface area contributed by atoms with Crippen LogP contribution < -0.4 is 0 Å². The van der Waals surface area contributed by atoms with Gasteiger partial charge < -0.3 is 9.84 Å². The van der Waals surface area contributed by atoms with Crippen molar-refractivity contribution in [3.8, 4) is 0 Å². The summed E-state index contributed by atoms with van der Waals surface area (Å²) in [4.78, 5) is 11.3. The van der Waals surface area contributed by atoms with Crippen molar-refractivity contribution < 1.29 is 14.6 Å². The Kier molecular flexibility index (Phi) is 4.91. The van der Waals surface area contributed by atoms with Crippen LogP contribution in [0.4, 0.5) is 0 Å². The van der Waals surface area contributed by atoms with E-state index in [1.165, 1.54) is 12.7 Å². The minimum Gasteiger partial charge on any atom is -0.465 e. The van der Waals surface area contributed by atoms with Gasteiger partial charge in [0.1, 0.15) is 0 Å². The molecule has 0 aromatic heterocycles. The largest absolute Gasteiger partial charge is 0.465 e. The highest BCUT2D eigenvalue weighted by Gasteiger charge is 2.04. The van der Waals surface area contributed by atoms with Gasteiger partial charge in [0.15, 0.2) is 0 Å². The molecule has 0 aliphatic carbocycles. The quantitative estimate of drug-likeness (QED) is 0.849. The number of aliphatic hydroxyl groups excluding tert-OH is 1. The van der Waals surface area contributed by atoms with Gasteiger partial charge >= 0.3 is 5.97 Å². The number of benzene rings is 2. The van der Waals surface area contributed by atoms with E-state index < -0.39 is 0 Å². The lowest BCUT2D eigenvalue weighted by Crippen LogP contribution is -2.01. The van der Waals surface area contributed by atoms with Crippen LogP contribution in [0.1, 0.15) is 27.0 Å². The summed E-state index contributed by atoms with van der Waals surface area (Å²) >= 11 is 0.